The minimum absolute atomic E-state index is 0.00456. The molecule has 7 nitrogen and oxygen atoms in total. The van der Waals surface area contributed by atoms with Gasteiger partial charge in [-0.2, -0.15) is 0 Å². The van der Waals surface area contributed by atoms with Gasteiger partial charge in [-0.25, -0.2) is 0 Å². The lowest BCUT2D eigenvalue weighted by molar-refractivity contribution is -0.147. The number of amides is 3. The summed E-state index contributed by atoms with van der Waals surface area (Å²) in [5, 5.41) is 2.26. The Balaban J connectivity index is 1.55. The van der Waals surface area contributed by atoms with Crippen LogP contribution in [0.3, 0.4) is 0 Å². The third-order valence-corrected chi connectivity index (χ3v) is 4.26. The maximum atomic E-state index is 12.9. The van der Waals surface area contributed by atoms with Gasteiger partial charge in [0.25, 0.3) is 5.91 Å². The summed E-state index contributed by atoms with van der Waals surface area (Å²) in [5.74, 6) is 0.0666. The molecule has 0 aromatic heterocycles. The summed E-state index contributed by atoms with van der Waals surface area (Å²) in [6, 6.07) is 6.42. The molecule has 2 aliphatic heterocycles. The van der Waals surface area contributed by atoms with Gasteiger partial charge in [0, 0.05) is 6.04 Å². The Hall–Kier alpha value is -2.57. The van der Waals surface area contributed by atoms with Crippen LogP contribution in [0.5, 0.6) is 11.5 Å². The molecule has 1 aromatic rings. The minimum Gasteiger partial charge on any atom is -0.485 e. The number of hydrogen-bond acceptors (Lipinski definition) is 5. The number of para-hydroxylation sites is 2. The molecule has 1 saturated carbocycles. The van der Waals surface area contributed by atoms with Crippen LogP contribution in [-0.2, 0) is 14.4 Å². The molecular formula is C16H16N2O5. The van der Waals surface area contributed by atoms with Crippen molar-refractivity contribution in [3.63, 3.8) is 0 Å². The van der Waals surface area contributed by atoms with Crippen LogP contribution in [0.1, 0.15) is 19.3 Å². The van der Waals surface area contributed by atoms with Gasteiger partial charge in [-0.15, -0.1) is 0 Å². The van der Waals surface area contributed by atoms with E-state index in [0.29, 0.717) is 11.5 Å². The predicted molar refractivity (Wildman–Crippen MR) is 77.8 cm³/mol. The van der Waals surface area contributed by atoms with Crippen molar-refractivity contribution < 1.29 is 23.9 Å². The van der Waals surface area contributed by atoms with Crippen LogP contribution in [-0.4, -0.2) is 47.4 Å². The van der Waals surface area contributed by atoms with Crippen LogP contribution in [0.2, 0.25) is 0 Å². The molecule has 23 heavy (non-hydrogen) atoms. The Morgan fingerprint density at radius 1 is 1.17 bits per heavy atom. The second-order valence-electron chi connectivity index (χ2n) is 5.97. The average molecular weight is 316 g/mol. The topological polar surface area (TPSA) is 84.9 Å². The number of hydrogen-bond donors (Lipinski definition) is 1. The third kappa shape index (κ3) is 2.52. The Morgan fingerprint density at radius 3 is 2.57 bits per heavy atom. The Kier molecular flexibility index (Phi) is 3.21. The zero-order valence-electron chi connectivity index (χ0n) is 12.4. The van der Waals surface area contributed by atoms with E-state index < -0.39 is 18.1 Å². The van der Waals surface area contributed by atoms with Crippen LogP contribution >= 0.6 is 0 Å². The Morgan fingerprint density at radius 2 is 1.91 bits per heavy atom. The van der Waals surface area contributed by atoms with Gasteiger partial charge in [-0.3, -0.25) is 19.7 Å². The number of ether oxygens (including phenoxy) is 2. The fourth-order valence-corrected chi connectivity index (χ4v) is 3.01. The first-order valence-electron chi connectivity index (χ1n) is 7.68. The molecule has 1 aliphatic carbocycles. The molecule has 120 valence electrons. The molecule has 1 N–H and O–H groups in total. The van der Waals surface area contributed by atoms with Crippen molar-refractivity contribution in [1.29, 1.82) is 0 Å². The number of fused-ring (bicyclic) bond motifs is 1. The van der Waals surface area contributed by atoms with Crippen molar-refractivity contribution in [3.8, 4) is 11.5 Å². The Bertz CT molecular complexity index is 685. The summed E-state index contributed by atoms with van der Waals surface area (Å²) in [6.07, 6.45) is 0.904. The van der Waals surface area contributed by atoms with Crippen LogP contribution in [0.25, 0.3) is 0 Å². The number of carbonyl (C=O) groups excluding carboxylic acids is 3. The number of nitrogens with zero attached hydrogens (tertiary/aromatic N) is 1. The van der Waals surface area contributed by atoms with Gasteiger partial charge in [0.05, 0.1) is 6.42 Å². The van der Waals surface area contributed by atoms with E-state index in [9.17, 15) is 14.4 Å². The fraction of sp³-hybridized carbons (Fsp3) is 0.438. The van der Waals surface area contributed by atoms with Crippen molar-refractivity contribution in [1.82, 2.24) is 10.2 Å². The van der Waals surface area contributed by atoms with Crippen LogP contribution in [0.4, 0.5) is 0 Å². The SMILES string of the molecule is O=C1CC(N(C(=O)C2COc3ccccc3O2)C2CC2)C(=O)N1. The molecule has 2 heterocycles. The van der Waals surface area contributed by atoms with E-state index >= 15 is 0 Å². The highest BCUT2D eigenvalue weighted by Crippen LogP contribution is 2.35. The molecule has 0 radical (unpaired) electrons. The summed E-state index contributed by atoms with van der Waals surface area (Å²) >= 11 is 0. The molecule has 0 spiro atoms. The van der Waals surface area contributed by atoms with Gasteiger partial charge in [0.1, 0.15) is 12.6 Å². The molecule has 7 heteroatoms. The van der Waals surface area contributed by atoms with Crippen LogP contribution in [0, 0.1) is 0 Å². The fourth-order valence-electron chi connectivity index (χ4n) is 3.01. The number of carbonyl (C=O) groups is 3. The standard InChI is InChI=1S/C16H16N2O5/c19-14-7-10(15(20)17-14)18(9-5-6-9)16(21)13-8-22-11-3-1-2-4-12(11)23-13/h1-4,9-10,13H,5-8H2,(H,17,19,20). The van der Waals surface area contributed by atoms with Crippen LogP contribution < -0.4 is 14.8 Å². The predicted octanol–water partition coefficient (Wildman–Crippen LogP) is 0.232. The van der Waals surface area contributed by atoms with E-state index in [1.165, 1.54) is 4.90 Å². The first-order chi connectivity index (χ1) is 11.1. The largest absolute Gasteiger partial charge is 0.485 e. The molecular weight excluding hydrogens is 300 g/mol. The maximum Gasteiger partial charge on any atom is 0.268 e. The summed E-state index contributed by atoms with van der Waals surface area (Å²) in [4.78, 5) is 37.8. The first-order valence-corrected chi connectivity index (χ1v) is 7.68. The lowest BCUT2D eigenvalue weighted by Gasteiger charge is -2.33. The van der Waals surface area contributed by atoms with E-state index in [0.717, 1.165) is 12.8 Å². The van der Waals surface area contributed by atoms with Gasteiger partial charge >= 0.3 is 0 Å². The monoisotopic (exact) mass is 316 g/mol. The molecule has 2 unspecified atom stereocenters. The highest BCUT2D eigenvalue weighted by atomic mass is 16.6. The molecule has 1 aromatic carbocycles. The summed E-state index contributed by atoms with van der Waals surface area (Å²) in [7, 11) is 0. The summed E-state index contributed by atoms with van der Waals surface area (Å²) < 4.78 is 11.3. The second kappa shape index (κ2) is 5.26. The van der Waals surface area contributed by atoms with E-state index in [1.54, 1.807) is 18.2 Å². The zero-order chi connectivity index (χ0) is 16.0. The van der Waals surface area contributed by atoms with Gasteiger partial charge < -0.3 is 14.4 Å². The number of nitrogens with one attached hydrogen (secondary N) is 1. The average Bonchev–Trinajstić information content (AvgIpc) is 3.32. The number of rotatable bonds is 3. The minimum atomic E-state index is -0.797. The van der Waals surface area contributed by atoms with Crippen molar-refractivity contribution in [2.45, 2.75) is 37.5 Å². The van der Waals surface area contributed by atoms with Gasteiger partial charge in [-0.1, -0.05) is 12.1 Å². The molecule has 2 atom stereocenters. The summed E-state index contributed by atoms with van der Waals surface area (Å²) in [5.41, 5.74) is 0. The lowest BCUT2D eigenvalue weighted by Crippen LogP contribution is -2.53. The molecule has 3 aliphatic rings. The van der Waals surface area contributed by atoms with Crippen molar-refractivity contribution in [2.75, 3.05) is 6.61 Å². The number of benzene rings is 1. The van der Waals surface area contributed by atoms with E-state index in [-0.39, 0.29) is 30.9 Å². The normalized spacial score (nSPS) is 25.9. The van der Waals surface area contributed by atoms with Crippen molar-refractivity contribution in [3.05, 3.63) is 24.3 Å². The molecule has 2 fully saturated rings. The Labute approximate surface area is 132 Å². The van der Waals surface area contributed by atoms with Gasteiger partial charge in [-0.05, 0) is 25.0 Å². The van der Waals surface area contributed by atoms with E-state index in [4.69, 9.17) is 9.47 Å². The highest BCUT2D eigenvalue weighted by molar-refractivity contribution is 6.07. The number of imide groups is 1. The molecule has 1 saturated heterocycles. The lowest BCUT2D eigenvalue weighted by atomic mass is 10.1. The summed E-state index contributed by atoms with van der Waals surface area (Å²) in [6.45, 7) is 0.0986. The van der Waals surface area contributed by atoms with Crippen molar-refractivity contribution in [2.24, 2.45) is 0 Å². The first kappa shape index (κ1) is 14.0. The van der Waals surface area contributed by atoms with Crippen molar-refractivity contribution >= 4 is 17.7 Å². The highest BCUT2D eigenvalue weighted by Gasteiger charge is 2.47. The van der Waals surface area contributed by atoms with Gasteiger partial charge in [0.2, 0.25) is 17.9 Å². The third-order valence-electron chi connectivity index (χ3n) is 4.26. The van der Waals surface area contributed by atoms with E-state index in [1.807, 2.05) is 6.07 Å². The second-order valence-corrected chi connectivity index (χ2v) is 5.97. The maximum absolute atomic E-state index is 12.9. The smallest absolute Gasteiger partial charge is 0.268 e. The molecule has 3 amide bonds. The van der Waals surface area contributed by atoms with Gasteiger partial charge in [0.15, 0.2) is 11.5 Å². The molecule has 0 bridgehead atoms. The quantitative estimate of drug-likeness (QED) is 0.807. The van der Waals surface area contributed by atoms with E-state index in [2.05, 4.69) is 5.32 Å². The molecule has 4 rings (SSSR count). The zero-order valence-corrected chi connectivity index (χ0v) is 12.4. The van der Waals surface area contributed by atoms with Crippen LogP contribution in [0.15, 0.2) is 24.3 Å².